The summed E-state index contributed by atoms with van der Waals surface area (Å²) < 4.78 is 207. The van der Waals surface area contributed by atoms with E-state index in [1.807, 2.05) is 0 Å². The molecule has 0 radical (unpaired) electrons. The average molecular weight is 1510 g/mol. The standard InChI is InChI=1S/C18H13ClF3NO7.C14H10F4N4O7S.C14H17N5O7S2.C5H12NO4P/c1-2-28-16(24)9-29-17(25)12-8-11(4-5-14(12)23(26)27)30-15-6-3-10(7-13(15)19)18(20,21)22;15-11(16)28-8-5-9(29-12(17)18)20-13(19-8)21-14(25)22-30(26,27)7-4-2-1-3-6(7)10(23)24;1-4-27(21,22)9-6-5-7-15-12(9)28(23,24)19-14(20)18-13-16-10(25-2)8-11(17-13)26-3;1-11(9,10)3-2-4(6)5(7)8/h3-8H,2,9H2,1H3;1-5,11-12H,(H,23,24)(H2,19,20,21,22,25);5-8H,4H2,1-3H3,(H2,16,17,18,19,20);4H,2-3,6H2,1H3,(H,7,8)(H,9,10). The molecule has 0 aliphatic carbocycles. The van der Waals surface area contributed by atoms with E-state index in [0.29, 0.717) is 12.1 Å². The summed E-state index contributed by atoms with van der Waals surface area (Å²) in [5.74, 6) is -8.47. The van der Waals surface area contributed by atoms with Crippen molar-refractivity contribution in [3.05, 3.63) is 123 Å². The van der Waals surface area contributed by atoms with Crippen LogP contribution in [0.3, 0.4) is 0 Å². The Labute approximate surface area is 557 Å². The van der Waals surface area contributed by atoms with Crippen LogP contribution in [0.5, 0.6) is 35.0 Å². The summed E-state index contributed by atoms with van der Waals surface area (Å²) in [6.07, 6.45) is -3.51. The SMILES string of the molecule is CCOC(=O)COC(=O)c1cc(Oc2ccc(C(F)(F)F)cc2Cl)ccc1[N+](=O)[O-].CCS(=O)(=O)c1cccnc1S(=O)(=O)NC(=O)Nc1nc(OC)cc(OC)n1.CP(=O)(O)CCC(N)C(=O)O.O=C(Nc1nc(OC(F)F)cc(OC(F)F)n1)NS(=O)(=O)c1ccccc1C(=O)O. The second-order valence-corrected chi connectivity index (χ2v) is 26.6. The molecular formula is C51H52ClF7N11O25PS3. The number of carbonyl (C=O) groups is 6. The van der Waals surface area contributed by atoms with E-state index in [4.69, 9.17) is 51.4 Å². The number of pyridine rings is 1. The zero-order valence-electron chi connectivity index (χ0n) is 50.7. The first-order valence-electron chi connectivity index (χ1n) is 26.3. The minimum absolute atomic E-state index is 0.0412. The Morgan fingerprint density at radius 3 is 1.73 bits per heavy atom. The molecule has 0 fully saturated rings. The summed E-state index contributed by atoms with van der Waals surface area (Å²) in [5, 5.41) is 31.1. The van der Waals surface area contributed by atoms with Crippen LogP contribution in [0.4, 0.5) is 57.9 Å². The molecule has 2 atom stereocenters. The van der Waals surface area contributed by atoms with Crippen LogP contribution in [0, 0.1) is 10.1 Å². The van der Waals surface area contributed by atoms with Crippen LogP contribution >= 0.6 is 19.0 Å². The number of aromatic carboxylic acids is 1. The van der Waals surface area contributed by atoms with Gasteiger partial charge < -0.3 is 54.0 Å². The monoisotopic (exact) mass is 1510 g/mol. The summed E-state index contributed by atoms with van der Waals surface area (Å²) in [6, 6.07) is 10.0. The van der Waals surface area contributed by atoms with Crippen molar-refractivity contribution in [3.63, 3.8) is 0 Å². The molecule has 36 nitrogen and oxygen atoms in total. The number of methoxy groups -OCH3 is 2. The Hall–Kier alpha value is -10.4. The maximum Gasteiger partial charge on any atom is 0.416 e. The molecule has 99 heavy (non-hydrogen) atoms. The number of carboxylic acid groups (broad SMARTS) is 2. The second kappa shape index (κ2) is 36.8. The predicted octanol–water partition coefficient (Wildman–Crippen LogP) is 6.55. The van der Waals surface area contributed by atoms with E-state index < -0.39 is 165 Å². The number of nitrogens with two attached hydrogens (primary N) is 1. The number of esters is 2. The highest BCUT2D eigenvalue weighted by Gasteiger charge is 2.33. The Balaban J connectivity index is 0.000000359. The number of alkyl halides is 7. The lowest BCUT2D eigenvalue weighted by Gasteiger charge is -2.12. The van der Waals surface area contributed by atoms with E-state index in [1.54, 1.807) is 10.0 Å². The molecule has 540 valence electrons. The van der Waals surface area contributed by atoms with Gasteiger partial charge in [0.2, 0.25) is 35.4 Å². The molecule has 0 saturated carbocycles. The number of urea groups is 2. The molecule has 0 aliphatic rings. The number of rotatable bonds is 26. The minimum atomic E-state index is -4.71. The van der Waals surface area contributed by atoms with E-state index in [9.17, 15) is 99.4 Å². The van der Waals surface area contributed by atoms with Crippen molar-refractivity contribution in [2.75, 3.05) is 56.6 Å². The van der Waals surface area contributed by atoms with Crippen molar-refractivity contribution >= 4 is 102 Å². The predicted molar refractivity (Wildman–Crippen MR) is 322 cm³/mol. The number of nitrogens with one attached hydrogen (secondary N) is 4. The molecule has 0 aliphatic heterocycles. The number of carbonyl (C=O) groups excluding carboxylic acids is 4. The molecule has 2 unspecified atom stereocenters. The van der Waals surface area contributed by atoms with Gasteiger partial charge in [-0.05, 0) is 61.9 Å². The Bertz CT molecular complexity index is 4270. The number of ether oxygens (including phenoxy) is 7. The third-order valence-electron chi connectivity index (χ3n) is 10.9. The van der Waals surface area contributed by atoms with Gasteiger partial charge in [0.05, 0.1) is 59.8 Å². The summed E-state index contributed by atoms with van der Waals surface area (Å²) >= 11 is 5.81. The van der Waals surface area contributed by atoms with Crippen LogP contribution in [0.15, 0.2) is 106 Å². The number of amides is 4. The number of nitrogens with zero attached hydrogens (tertiary/aromatic N) is 6. The molecule has 4 amide bonds. The molecule has 0 bridgehead atoms. The van der Waals surface area contributed by atoms with Gasteiger partial charge in [-0.15, -0.1) is 0 Å². The number of anilines is 2. The smallest absolute Gasteiger partial charge is 0.416 e. The number of nitro groups is 1. The van der Waals surface area contributed by atoms with Gasteiger partial charge in [-0.25, -0.2) is 55.2 Å². The van der Waals surface area contributed by atoms with Crippen LogP contribution in [-0.4, -0.2) is 171 Å². The van der Waals surface area contributed by atoms with Crippen molar-refractivity contribution in [1.82, 2.24) is 34.4 Å². The number of benzene rings is 3. The van der Waals surface area contributed by atoms with Gasteiger partial charge in [-0.2, -0.15) is 59.1 Å². The fourth-order valence-corrected chi connectivity index (χ4v) is 11.2. The van der Waals surface area contributed by atoms with Crippen LogP contribution in [0.25, 0.3) is 0 Å². The Morgan fingerprint density at radius 1 is 0.727 bits per heavy atom. The Morgan fingerprint density at radius 2 is 1.25 bits per heavy atom. The van der Waals surface area contributed by atoms with Crippen molar-refractivity contribution in [2.24, 2.45) is 5.73 Å². The van der Waals surface area contributed by atoms with Crippen molar-refractivity contribution < 1.29 is 143 Å². The summed E-state index contributed by atoms with van der Waals surface area (Å²) in [4.78, 5) is 104. The number of aromatic nitrogens is 5. The number of hydrogen-bond donors (Lipinski definition) is 8. The quantitative estimate of drug-likeness (QED) is 0.00938. The fraction of sp³-hybridized carbons (Fsp3) is 0.275. The number of hydrogen-bond acceptors (Lipinski definition) is 28. The molecule has 3 aromatic heterocycles. The third-order valence-corrected chi connectivity index (χ3v) is 16.8. The van der Waals surface area contributed by atoms with Gasteiger partial charge in [0, 0.05) is 31.2 Å². The van der Waals surface area contributed by atoms with Crippen molar-refractivity contribution in [2.45, 2.75) is 60.5 Å². The van der Waals surface area contributed by atoms with E-state index in [-0.39, 0.29) is 59.2 Å². The van der Waals surface area contributed by atoms with Crippen LogP contribution in [-0.2, 0) is 59.7 Å². The first kappa shape index (κ1) is 82.8. The number of sulfonamides is 2. The number of carboxylic acids is 2. The van der Waals surface area contributed by atoms with E-state index in [1.165, 1.54) is 63.7 Å². The van der Waals surface area contributed by atoms with E-state index in [0.717, 1.165) is 54.7 Å². The van der Waals surface area contributed by atoms with E-state index in [2.05, 4.69) is 44.4 Å². The lowest BCUT2D eigenvalue weighted by Crippen LogP contribution is -2.36. The average Bonchev–Trinajstić information content (AvgIpc) is 0.794. The van der Waals surface area contributed by atoms with Crippen LogP contribution < -0.4 is 49.5 Å². The normalized spacial score (nSPS) is 12.1. The van der Waals surface area contributed by atoms with Gasteiger partial charge in [0.15, 0.2) is 28.8 Å². The van der Waals surface area contributed by atoms with Gasteiger partial charge in [0.25, 0.3) is 25.7 Å². The van der Waals surface area contributed by atoms with Gasteiger partial charge >= 0.3 is 55.3 Å². The number of aliphatic carboxylic acids is 1. The van der Waals surface area contributed by atoms with Gasteiger partial charge in [-0.3, -0.25) is 30.1 Å². The topological polar surface area (TPSA) is 529 Å². The third kappa shape index (κ3) is 27.6. The molecule has 48 heteroatoms. The first-order chi connectivity index (χ1) is 45.9. The Kier molecular flexibility index (Phi) is 30.8. The molecule has 6 aromatic rings. The largest absolute Gasteiger partial charge is 0.481 e. The second-order valence-electron chi connectivity index (χ2n) is 18.1. The molecule has 3 heterocycles. The highest BCUT2D eigenvalue weighted by Crippen LogP contribution is 2.38. The lowest BCUT2D eigenvalue weighted by atomic mass is 10.1. The molecular weight excluding hydrogens is 1460 g/mol. The molecule has 9 N–H and O–H groups in total. The highest BCUT2D eigenvalue weighted by atomic mass is 35.5. The molecule has 0 spiro atoms. The van der Waals surface area contributed by atoms with Crippen LogP contribution in [0.1, 0.15) is 46.5 Å². The van der Waals surface area contributed by atoms with Gasteiger partial charge in [-0.1, -0.05) is 30.7 Å². The maximum absolute atomic E-state index is 12.7. The van der Waals surface area contributed by atoms with Crippen LogP contribution in [0.2, 0.25) is 5.02 Å². The minimum Gasteiger partial charge on any atom is -0.481 e. The molecule has 0 saturated heterocycles. The zero-order valence-corrected chi connectivity index (χ0v) is 54.8. The fourth-order valence-electron chi connectivity index (χ4n) is 6.58. The molecule has 3 aromatic carbocycles. The van der Waals surface area contributed by atoms with E-state index >= 15 is 0 Å². The summed E-state index contributed by atoms with van der Waals surface area (Å²) in [7, 11) is -13.7. The number of nitro benzene ring substituents is 1. The van der Waals surface area contributed by atoms with Crippen molar-refractivity contribution in [3.8, 4) is 35.0 Å². The number of halogens is 8. The summed E-state index contributed by atoms with van der Waals surface area (Å²) in [6.45, 7) is -3.46. The zero-order chi connectivity index (χ0) is 75.0. The molecule has 6 rings (SSSR count). The maximum atomic E-state index is 12.7. The first-order valence-corrected chi connectivity index (χ1v) is 33.6. The highest BCUT2D eigenvalue weighted by molar-refractivity contribution is 7.93. The van der Waals surface area contributed by atoms with Gasteiger partial charge in [0.1, 0.15) is 32.9 Å². The number of sulfone groups is 1. The summed E-state index contributed by atoms with van der Waals surface area (Å²) in [5.41, 5.74) is 2.29. The lowest BCUT2D eigenvalue weighted by molar-refractivity contribution is -0.385. The van der Waals surface area contributed by atoms with Crippen molar-refractivity contribution in [1.29, 1.82) is 0 Å².